The Labute approximate surface area is 104 Å². The van der Waals surface area contributed by atoms with Gasteiger partial charge in [0.15, 0.2) is 5.78 Å². The van der Waals surface area contributed by atoms with Gasteiger partial charge in [-0.1, -0.05) is 17.2 Å². The number of carbonyl (C=O) groups is 1. The third-order valence-corrected chi connectivity index (χ3v) is 3.51. The highest BCUT2D eigenvalue weighted by molar-refractivity contribution is 5.94. The molecule has 0 spiro atoms. The molecule has 1 aliphatic rings. The van der Waals surface area contributed by atoms with Crippen molar-refractivity contribution in [2.24, 2.45) is 5.92 Å². The molecule has 0 aromatic carbocycles. The standard InChI is InChI=1S/C15H24O2/c1-11(2)6-5-9-15(4,17)13-8-7-12(3)10-14(13)16/h6,10,13,17H,5,7-9H2,1-4H3/t13-,15-/m0/s1. The first-order valence-electron chi connectivity index (χ1n) is 6.39. The molecule has 0 bridgehead atoms. The number of hydrogen-bond donors (Lipinski definition) is 1. The van der Waals surface area contributed by atoms with Gasteiger partial charge in [-0.25, -0.2) is 0 Å². The smallest absolute Gasteiger partial charge is 0.161 e. The summed E-state index contributed by atoms with van der Waals surface area (Å²) in [5.74, 6) is -0.132. The average molecular weight is 236 g/mol. The van der Waals surface area contributed by atoms with E-state index in [1.165, 1.54) is 5.57 Å². The normalized spacial score (nSPS) is 23.9. The van der Waals surface area contributed by atoms with Gasteiger partial charge in [0.2, 0.25) is 0 Å². The highest BCUT2D eigenvalue weighted by atomic mass is 16.3. The summed E-state index contributed by atoms with van der Waals surface area (Å²) in [4.78, 5) is 11.9. The molecular weight excluding hydrogens is 212 g/mol. The average Bonchev–Trinajstić information content (AvgIpc) is 2.15. The Morgan fingerprint density at radius 2 is 2.24 bits per heavy atom. The Morgan fingerprint density at radius 1 is 1.59 bits per heavy atom. The van der Waals surface area contributed by atoms with Crippen molar-refractivity contribution in [3.8, 4) is 0 Å². The first kappa shape index (κ1) is 14.2. The van der Waals surface area contributed by atoms with Gasteiger partial charge in [-0.2, -0.15) is 0 Å². The lowest BCUT2D eigenvalue weighted by molar-refractivity contribution is -0.128. The van der Waals surface area contributed by atoms with E-state index in [0.717, 1.165) is 24.8 Å². The topological polar surface area (TPSA) is 37.3 Å². The lowest BCUT2D eigenvalue weighted by atomic mass is 9.76. The minimum Gasteiger partial charge on any atom is -0.389 e. The fourth-order valence-corrected chi connectivity index (χ4v) is 2.37. The number of hydrogen-bond acceptors (Lipinski definition) is 2. The molecule has 0 heterocycles. The van der Waals surface area contributed by atoms with Crippen LogP contribution in [0.2, 0.25) is 0 Å². The van der Waals surface area contributed by atoms with Crippen LogP contribution in [-0.4, -0.2) is 16.5 Å². The summed E-state index contributed by atoms with van der Waals surface area (Å²) in [6.45, 7) is 7.87. The number of rotatable bonds is 4. The molecule has 2 heteroatoms. The lowest BCUT2D eigenvalue weighted by Gasteiger charge is -2.33. The molecule has 0 aromatic heterocycles. The molecule has 0 amide bonds. The van der Waals surface area contributed by atoms with E-state index < -0.39 is 5.60 Å². The van der Waals surface area contributed by atoms with Gasteiger partial charge < -0.3 is 5.11 Å². The van der Waals surface area contributed by atoms with Crippen LogP contribution in [-0.2, 0) is 4.79 Å². The van der Waals surface area contributed by atoms with Crippen molar-refractivity contribution in [1.29, 1.82) is 0 Å². The number of allylic oxidation sites excluding steroid dienone is 4. The van der Waals surface area contributed by atoms with Crippen LogP contribution in [0.25, 0.3) is 0 Å². The quantitative estimate of drug-likeness (QED) is 0.759. The summed E-state index contributed by atoms with van der Waals surface area (Å²) in [6, 6.07) is 0. The Kier molecular flexibility index (Phi) is 4.70. The van der Waals surface area contributed by atoms with Crippen LogP contribution < -0.4 is 0 Å². The van der Waals surface area contributed by atoms with Gasteiger partial charge in [0, 0.05) is 0 Å². The fraction of sp³-hybridized carbons (Fsp3) is 0.667. The maximum atomic E-state index is 11.9. The van der Waals surface area contributed by atoms with E-state index in [1.54, 1.807) is 13.0 Å². The molecule has 0 saturated heterocycles. The molecule has 0 fully saturated rings. The van der Waals surface area contributed by atoms with Crippen molar-refractivity contribution in [2.75, 3.05) is 0 Å². The van der Waals surface area contributed by atoms with Crippen LogP contribution in [0, 0.1) is 5.92 Å². The summed E-state index contributed by atoms with van der Waals surface area (Å²) in [6.07, 6.45) is 7.01. The Morgan fingerprint density at radius 3 is 2.76 bits per heavy atom. The maximum Gasteiger partial charge on any atom is 0.161 e. The van der Waals surface area contributed by atoms with Gasteiger partial charge in [-0.3, -0.25) is 4.79 Å². The van der Waals surface area contributed by atoms with Crippen molar-refractivity contribution in [1.82, 2.24) is 0 Å². The fourth-order valence-electron chi connectivity index (χ4n) is 2.37. The van der Waals surface area contributed by atoms with Gasteiger partial charge in [0.25, 0.3) is 0 Å². The number of ketones is 1. The summed E-state index contributed by atoms with van der Waals surface area (Å²) >= 11 is 0. The van der Waals surface area contributed by atoms with Crippen LogP contribution in [0.5, 0.6) is 0 Å². The molecule has 0 aliphatic heterocycles. The van der Waals surface area contributed by atoms with Crippen LogP contribution in [0.15, 0.2) is 23.3 Å². The molecule has 1 N–H and O–H groups in total. The summed E-state index contributed by atoms with van der Waals surface area (Å²) in [7, 11) is 0. The van der Waals surface area contributed by atoms with Crippen LogP contribution in [0.3, 0.4) is 0 Å². The first-order valence-corrected chi connectivity index (χ1v) is 6.39. The summed E-state index contributed by atoms with van der Waals surface area (Å²) in [5, 5.41) is 10.4. The van der Waals surface area contributed by atoms with E-state index in [0.29, 0.717) is 6.42 Å². The molecule has 0 unspecified atom stereocenters. The monoisotopic (exact) mass is 236 g/mol. The molecule has 0 aromatic rings. The molecule has 0 radical (unpaired) electrons. The first-order chi connectivity index (χ1) is 7.83. The van der Waals surface area contributed by atoms with Crippen molar-refractivity contribution in [3.05, 3.63) is 23.3 Å². The Bertz CT molecular complexity index is 344. The van der Waals surface area contributed by atoms with Crippen molar-refractivity contribution in [3.63, 3.8) is 0 Å². The lowest BCUT2D eigenvalue weighted by Crippen LogP contribution is -2.40. The van der Waals surface area contributed by atoms with E-state index in [-0.39, 0.29) is 11.7 Å². The van der Waals surface area contributed by atoms with E-state index in [9.17, 15) is 9.90 Å². The summed E-state index contributed by atoms with van der Waals surface area (Å²) < 4.78 is 0. The second-order valence-electron chi connectivity index (χ2n) is 5.66. The van der Waals surface area contributed by atoms with Gasteiger partial charge >= 0.3 is 0 Å². The highest BCUT2D eigenvalue weighted by Crippen LogP contribution is 2.32. The maximum absolute atomic E-state index is 11.9. The predicted octanol–water partition coefficient (Wildman–Crippen LogP) is 3.41. The zero-order chi connectivity index (χ0) is 13.1. The third kappa shape index (κ3) is 4.12. The SMILES string of the molecule is CC(C)=CCC[C@](C)(O)[C@H]1CCC(C)=CC1=O. The van der Waals surface area contributed by atoms with E-state index >= 15 is 0 Å². The molecule has 0 saturated carbocycles. The zero-order valence-electron chi connectivity index (χ0n) is 11.4. The predicted molar refractivity (Wildman–Crippen MR) is 70.8 cm³/mol. The number of carbonyl (C=O) groups excluding carboxylic acids is 1. The molecule has 1 aliphatic carbocycles. The minimum atomic E-state index is -0.875. The minimum absolute atomic E-state index is 0.0935. The Balaban J connectivity index is 2.64. The van der Waals surface area contributed by atoms with E-state index in [2.05, 4.69) is 6.08 Å². The van der Waals surface area contributed by atoms with Crippen molar-refractivity contribution >= 4 is 5.78 Å². The van der Waals surface area contributed by atoms with Crippen LogP contribution in [0.4, 0.5) is 0 Å². The third-order valence-electron chi connectivity index (χ3n) is 3.51. The molecular formula is C15H24O2. The number of aliphatic hydroxyl groups is 1. The van der Waals surface area contributed by atoms with Crippen LogP contribution in [0.1, 0.15) is 53.4 Å². The zero-order valence-corrected chi connectivity index (χ0v) is 11.4. The van der Waals surface area contributed by atoms with E-state index in [4.69, 9.17) is 0 Å². The molecule has 96 valence electrons. The molecule has 1 rings (SSSR count). The van der Waals surface area contributed by atoms with E-state index in [1.807, 2.05) is 20.8 Å². The van der Waals surface area contributed by atoms with Crippen molar-refractivity contribution in [2.45, 2.75) is 59.0 Å². The second-order valence-corrected chi connectivity index (χ2v) is 5.66. The van der Waals surface area contributed by atoms with Crippen molar-refractivity contribution < 1.29 is 9.90 Å². The molecule has 17 heavy (non-hydrogen) atoms. The van der Waals surface area contributed by atoms with Gasteiger partial charge in [0.05, 0.1) is 11.5 Å². The largest absolute Gasteiger partial charge is 0.389 e. The summed E-state index contributed by atoms with van der Waals surface area (Å²) in [5.41, 5.74) is 1.51. The highest BCUT2D eigenvalue weighted by Gasteiger charge is 2.36. The van der Waals surface area contributed by atoms with Gasteiger partial charge in [-0.15, -0.1) is 0 Å². The van der Waals surface area contributed by atoms with Gasteiger partial charge in [0.1, 0.15) is 0 Å². The Hall–Kier alpha value is -0.890. The van der Waals surface area contributed by atoms with Crippen LogP contribution >= 0.6 is 0 Å². The van der Waals surface area contributed by atoms with Gasteiger partial charge in [-0.05, 0) is 59.5 Å². The molecule has 2 atom stereocenters. The second kappa shape index (κ2) is 5.63. The molecule has 2 nitrogen and oxygen atoms in total.